The molecule has 4 rings (SSSR count). The van der Waals surface area contributed by atoms with E-state index in [-0.39, 0.29) is 5.41 Å². The summed E-state index contributed by atoms with van der Waals surface area (Å²) in [6, 6.07) is 0. The molecule has 0 N–H and O–H groups in total. The molecule has 0 radical (unpaired) electrons. The van der Waals surface area contributed by atoms with Crippen molar-refractivity contribution >= 4 is 0 Å². The van der Waals surface area contributed by atoms with Crippen molar-refractivity contribution in [3.63, 3.8) is 0 Å². The molecule has 3 saturated heterocycles. The van der Waals surface area contributed by atoms with Gasteiger partial charge in [0.05, 0.1) is 19.8 Å². The van der Waals surface area contributed by atoms with E-state index >= 15 is 0 Å². The maximum absolute atomic E-state index is 5.95. The van der Waals surface area contributed by atoms with Crippen LogP contribution < -0.4 is 0 Å². The molecule has 3 nitrogen and oxygen atoms in total. The quantitative estimate of drug-likeness (QED) is 0.724. The molecule has 1 saturated carbocycles. The van der Waals surface area contributed by atoms with E-state index in [0.717, 1.165) is 26.2 Å². The third-order valence-corrected chi connectivity index (χ3v) is 4.59. The second kappa shape index (κ2) is 3.97. The molecule has 0 aromatic carbocycles. The molecule has 4 aliphatic rings. The molecule has 0 spiro atoms. The summed E-state index contributed by atoms with van der Waals surface area (Å²) >= 11 is 0. The summed E-state index contributed by atoms with van der Waals surface area (Å²) in [5, 5.41) is 0. The lowest BCUT2D eigenvalue weighted by atomic mass is 9.82. The van der Waals surface area contributed by atoms with Gasteiger partial charge in [-0.2, -0.15) is 0 Å². The first-order valence-electron chi connectivity index (χ1n) is 6.70. The van der Waals surface area contributed by atoms with Crippen LogP contribution in [0.3, 0.4) is 0 Å². The first-order valence-corrected chi connectivity index (χ1v) is 6.70. The monoisotopic (exact) mass is 226 g/mol. The molecule has 0 aromatic heterocycles. The molecule has 3 heterocycles. The predicted octanol–water partition coefficient (Wildman–Crippen LogP) is 2.69. The summed E-state index contributed by atoms with van der Waals surface area (Å²) in [5.74, 6) is -0.214. The van der Waals surface area contributed by atoms with Crippen LogP contribution in [0.25, 0.3) is 0 Å². The van der Waals surface area contributed by atoms with Crippen LogP contribution in [-0.2, 0) is 14.2 Å². The number of hydrogen-bond donors (Lipinski definition) is 0. The summed E-state index contributed by atoms with van der Waals surface area (Å²) in [6.45, 7) is 4.65. The van der Waals surface area contributed by atoms with Gasteiger partial charge in [-0.1, -0.05) is 26.2 Å². The summed E-state index contributed by atoms with van der Waals surface area (Å²) in [4.78, 5) is 0. The summed E-state index contributed by atoms with van der Waals surface area (Å²) in [6.07, 6.45) is 7.40. The van der Waals surface area contributed by atoms with Crippen molar-refractivity contribution in [1.82, 2.24) is 0 Å². The van der Waals surface area contributed by atoms with E-state index in [1.54, 1.807) is 0 Å². The Morgan fingerprint density at radius 1 is 0.938 bits per heavy atom. The number of hydrogen-bond acceptors (Lipinski definition) is 3. The molecule has 0 atom stereocenters. The Bertz CT molecular complexity index is 233. The zero-order chi connectivity index (χ0) is 11.1. The average Bonchev–Trinajstić information content (AvgIpc) is 2.42. The highest BCUT2D eigenvalue weighted by Gasteiger charge is 2.55. The van der Waals surface area contributed by atoms with Crippen molar-refractivity contribution in [2.45, 2.75) is 51.4 Å². The van der Waals surface area contributed by atoms with E-state index in [4.69, 9.17) is 14.2 Å². The van der Waals surface area contributed by atoms with Gasteiger partial charge in [0.2, 0.25) is 0 Å². The number of fused-ring (bicyclic) bond motifs is 3. The summed E-state index contributed by atoms with van der Waals surface area (Å²) in [5.41, 5.74) is 0.135. The lowest BCUT2D eigenvalue weighted by Gasteiger charge is -2.54. The highest BCUT2D eigenvalue weighted by atomic mass is 16.9. The van der Waals surface area contributed by atoms with Crippen LogP contribution in [0, 0.1) is 11.3 Å². The van der Waals surface area contributed by atoms with E-state index in [9.17, 15) is 0 Å². The second-order valence-corrected chi connectivity index (χ2v) is 5.66. The SMILES string of the molecule is CCC12COC(C3CCCCC3)(OC1)OC2. The van der Waals surface area contributed by atoms with Gasteiger partial charge in [0, 0.05) is 11.3 Å². The van der Waals surface area contributed by atoms with E-state index in [1.165, 1.54) is 32.1 Å². The molecule has 0 amide bonds. The molecule has 4 fully saturated rings. The van der Waals surface area contributed by atoms with Crippen LogP contribution in [0.4, 0.5) is 0 Å². The maximum atomic E-state index is 5.95. The molecule has 1 aliphatic carbocycles. The van der Waals surface area contributed by atoms with Gasteiger partial charge in [-0.3, -0.25) is 0 Å². The van der Waals surface area contributed by atoms with Gasteiger partial charge in [-0.05, 0) is 19.3 Å². The third kappa shape index (κ3) is 1.60. The fraction of sp³-hybridized carbons (Fsp3) is 1.00. The standard InChI is InChI=1S/C13H22O3/c1-2-12-8-14-13(15-9-12,16-10-12)11-6-4-3-5-7-11/h11H,2-10H2,1H3. The first kappa shape index (κ1) is 11.0. The van der Waals surface area contributed by atoms with Crippen molar-refractivity contribution in [3.05, 3.63) is 0 Å². The molecule has 2 bridgehead atoms. The minimum absolute atomic E-state index is 0.135. The topological polar surface area (TPSA) is 27.7 Å². The van der Waals surface area contributed by atoms with E-state index < -0.39 is 5.97 Å². The van der Waals surface area contributed by atoms with Crippen LogP contribution >= 0.6 is 0 Å². The molecule has 3 aliphatic heterocycles. The Balaban J connectivity index is 1.72. The van der Waals surface area contributed by atoms with Gasteiger partial charge in [0.15, 0.2) is 0 Å². The zero-order valence-corrected chi connectivity index (χ0v) is 10.2. The number of ether oxygens (including phenoxy) is 3. The molecular weight excluding hydrogens is 204 g/mol. The Morgan fingerprint density at radius 2 is 1.50 bits per heavy atom. The Kier molecular flexibility index (Phi) is 2.73. The largest absolute Gasteiger partial charge is 0.326 e. The smallest absolute Gasteiger partial charge is 0.285 e. The van der Waals surface area contributed by atoms with Crippen LogP contribution in [0.2, 0.25) is 0 Å². The Morgan fingerprint density at radius 3 is 2.00 bits per heavy atom. The van der Waals surface area contributed by atoms with Crippen LogP contribution in [-0.4, -0.2) is 25.8 Å². The highest BCUT2D eigenvalue weighted by molar-refractivity contribution is 4.90. The van der Waals surface area contributed by atoms with Crippen LogP contribution in [0.1, 0.15) is 45.4 Å². The normalized spacial score (nSPS) is 44.8. The minimum atomic E-state index is -0.669. The molecule has 3 heteroatoms. The van der Waals surface area contributed by atoms with Crippen molar-refractivity contribution < 1.29 is 14.2 Å². The van der Waals surface area contributed by atoms with E-state index in [1.807, 2.05) is 0 Å². The van der Waals surface area contributed by atoms with Crippen molar-refractivity contribution in [1.29, 1.82) is 0 Å². The van der Waals surface area contributed by atoms with Gasteiger partial charge in [-0.25, -0.2) is 0 Å². The second-order valence-electron chi connectivity index (χ2n) is 5.66. The van der Waals surface area contributed by atoms with Gasteiger partial charge in [-0.15, -0.1) is 0 Å². The average molecular weight is 226 g/mol. The van der Waals surface area contributed by atoms with Crippen LogP contribution in [0.15, 0.2) is 0 Å². The van der Waals surface area contributed by atoms with E-state index in [2.05, 4.69) is 6.92 Å². The van der Waals surface area contributed by atoms with Crippen LogP contribution in [0.5, 0.6) is 0 Å². The van der Waals surface area contributed by atoms with Crippen molar-refractivity contribution in [2.75, 3.05) is 19.8 Å². The fourth-order valence-corrected chi connectivity index (χ4v) is 3.13. The lowest BCUT2D eigenvalue weighted by molar-refractivity contribution is -0.488. The zero-order valence-electron chi connectivity index (χ0n) is 10.2. The first-order chi connectivity index (χ1) is 7.79. The number of rotatable bonds is 2. The van der Waals surface area contributed by atoms with Gasteiger partial charge in [0.25, 0.3) is 5.97 Å². The van der Waals surface area contributed by atoms with Crippen molar-refractivity contribution in [2.24, 2.45) is 11.3 Å². The van der Waals surface area contributed by atoms with Crippen molar-refractivity contribution in [3.8, 4) is 0 Å². The molecule has 0 aromatic rings. The molecule has 16 heavy (non-hydrogen) atoms. The lowest BCUT2D eigenvalue weighted by Crippen LogP contribution is -2.63. The molecule has 0 unspecified atom stereocenters. The molecule has 92 valence electrons. The minimum Gasteiger partial charge on any atom is -0.326 e. The van der Waals surface area contributed by atoms with E-state index in [0.29, 0.717) is 5.92 Å². The summed E-state index contributed by atoms with van der Waals surface area (Å²) in [7, 11) is 0. The highest BCUT2D eigenvalue weighted by Crippen LogP contribution is 2.47. The van der Waals surface area contributed by atoms with Gasteiger partial charge >= 0.3 is 0 Å². The van der Waals surface area contributed by atoms with Gasteiger partial charge in [0.1, 0.15) is 0 Å². The summed E-state index contributed by atoms with van der Waals surface area (Å²) < 4.78 is 17.9. The molecular formula is C13H22O3. The Labute approximate surface area is 97.4 Å². The fourth-order valence-electron chi connectivity index (χ4n) is 3.13. The Hall–Kier alpha value is -0.120. The predicted molar refractivity (Wildman–Crippen MR) is 59.9 cm³/mol. The third-order valence-electron chi connectivity index (χ3n) is 4.59. The maximum Gasteiger partial charge on any atom is 0.285 e. The van der Waals surface area contributed by atoms with Gasteiger partial charge < -0.3 is 14.2 Å².